The van der Waals surface area contributed by atoms with Crippen molar-refractivity contribution in [1.29, 1.82) is 0 Å². The predicted octanol–water partition coefficient (Wildman–Crippen LogP) is 4.48. The molecule has 6 rings (SSSR count). The summed E-state index contributed by atoms with van der Waals surface area (Å²) in [6.07, 6.45) is 9.41. The summed E-state index contributed by atoms with van der Waals surface area (Å²) in [4.78, 5) is 9.15. The Morgan fingerprint density at radius 3 is 2.84 bits per heavy atom. The summed E-state index contributed by atoms with van der Waals surface area (Å²) in [6.45, 7) is 3.59. The van der Waals surface area contributed by atoms with Gasteiger partial charge < -0.3 is 9.30 Å². The second-order valence-corrected chi connectivity index (χ2v) is 8.55. The van der Waals surface area contributed by atoms with Gasteiger partial charge in [-0.25, -0.2) is 4.98 Å². The Morgan fingerprint density at radius 1 is 1.06 bits per heavy atom. The van der Waals surface area contributed by atoms with Crippen LogP contribution in [0.5, 0.6) is 5.75 Å². The average Bonchev–Trinajstić information content (AvgIpc) is 3.40. The Labute approximate surface area is 180 Å². The highest BCUT2D eigenvalue weighted by molar-refractivity contribution is 5.67. The third-order valence-corrected chi connectivity index (χ3v) is 6.33. The Bertz CT molecular complexity index is 1240. The molecule has 0 bridgehead atoms. The highest BCUT2D eigenvalue weighted by Gasteiger charge is 2.27. The molecule has 1 aliphatic carbocycles. The normalized spacial score (nSPS) is 17.9. The number of aromatic nitrogens is 6. The number of imidazole rings is 1. The number of nitrogens with zero attached hydrogens (tertiary/aromatic N) is 5. The first kappa shape index (κ1) is 18.3. The lowest BCUT2D eigenvalue weighted by Crippen LogP contribution is -2.18. The van der Waals surface area contributed by atoms with Gasteiger partial charge in [-0.2, -0.15) is 15.4 Å². The minimum Gasteiger partial charge on any atom is -0.493 e. The molecule has 0 amide bonds. The van der Waals surface area contributed by atoms with E-state index >= 15 is 0 Å². The lowest BCUT2D eigenvalue weighted by atomic mass is 9.91. The molecule has 1 atom stereocenters. The number of rotatable bonds is 5. The van der Waals surface area contributed by atoms with E-state index in [1.54, 1.807) is 6.20 Å². The summed E-state index contributed by atoms with van der Waals surface area (Å²) in [5, 5.41) is 11.0. The predicted molar refractivity (Wildman–Crippen MR) is 117 cm³/mol. The highest BCUT2D eigenvalue weighted by atomic mass is 16.5. The van der Waals surface area contributed by atoms with Crippen molar-refractivity contribution in [3.63, 3.8) is 0 Å². The molecule has 4 aromatic rings. The second-order valence-electron chi connectivity index (χ2n) is 8.55. The first-order valence-electron chi connectivity index (χ1n) is 10.9. The molecule has 1 saturated carbocycles. The summed E-state index contributed by atoms with van der Waals surface area (Å²) in [5.74, 6) is 2.24. The van der Waals surface area contributed by atoms with Crippen molar-refractivity contribution in [1.82, 2.24) is 29.9 Å². The fraction of sp³-hybridized carbons (Fsp3) is 0.333. The monoisotopic (exact) mass is 412 g/mol. The van der Waals surface area contributed by atoms with Crippen molar-refractivity contribution in [3.05, 3.63) is 65.9 Å². The molecule has 0 saturated heterocycles. The number of fused-ring (bicyclic) bond motifs is 1. The standard InChI is InChI=1S/C24H24N6O/c1-15-24(28-29-27-15)18-6-8-25-21(10-18)22-13-30(14-26-22)12-19-7-9-31-23-11-17(16-2-3-16)4-5-20(19)23/h4-6,8,10-11,13-14,16,19H,2-3,7,9,12H2,1H3,(H,27,28,29)/t19-/m0/s1. The molecule has 7 heteroatoms. The van der Waals surface area contributed by atoms with E-state index in [0.29, 0.717) is 5.92 Å². The van der Waals surface area contributed by atoms with Crippen LogP contribution in [0.1, 0.15) is 47.9 Å². The van der Waals surface area contributed by atoms with Crippen molar-refractivity contribution in [2.75, 3.05) is 6.61 Å². The second kappa shape index (κ2) is 7.34. The molecule has 0 radical (unpaired) electrons. The Kier molecular flexibility index (Phi) is 4.33. The molecule has 31 heavy (non-hydrogen) atoms. The largest absolute Gasteiger partial charge is 0.493 e. The number of nitrogens with one attached hydrogen (secondary N) is 1. The maximum Gasteiger partial charge on any atom is 0.123 e. The van der Waals surface area contributed by atoms with Crippen LogP contribution < -0.4 is 4.74 Å². The van der Waals surface area contributed by atoms with E-state index < -0.39 is 0 Å². The summed E-state index contributed by atoms with van der Waals surface area (Å²) < 4.78 is 8.16. The van der Waals surface area contributed by atoms with Crippen LogP contribution in [0.2, 0.25) is 0 Å². The molecule has 156 valence electrons. The molecular weight excluding hydrogens is 388 g/mol. The van der Waals surface area contributed by atoms with E-state index in [1.807, 2.05) is 25.4 Å². The van der Waals surface area contributed by atoms with Gasteiger partial charge in [0, 0.05) is 30.4 Å². The zero-order chi connectivity index (χ0) is 20.8. The van der Waals surface area contributed by atoms with Crippen LogP contribution in [0.3, 0.4) is 0 Å². The first-order chi connectivity index (χ1) is 15.2. The number of pyridine rings is 1. The van der Waals surface area contributed by atoms with E-state index in [2.05, 4.69) is 54.3 Å². The summed E-state index contributed by atoms with van der Waals surface area (Å²) in [5.41, 5.74) is 7.12. The van der Waals surface area contributed by atoms with Crippen LogP contribution in [0.25, 0.3) is 22.6 Å². The first-order valence-corrected chi connectivity index (χ1v) is 10.9. The fourth-order valence-electron chi connectivity index (χ4n) is 4.46. The summed E-state index contributed by atoms with van der Waals surface area (Å²) in [7, 11) is 0. The number of aryl methyl sites for hydroxylation is 1. The van der Waals surface area contributed by atoms with Gasteiger partial charge in [-0.1, -0.05) is 12.1 Å². The third-order valence-electron chi connectivity index (χ3n) is 6.33. The summed E-state index contributed by atoms with van der Waals surface area (Å²) >= 11 is 0. The van der Waals surface area contributed by atoms with Gasteiger partial charge in [0.25, 0.3) is 0 Å². The number of hydrogen-bond donors (Lipinski definition) is 1. The molecule has 4 heterocycles. The van der Waals surface area contributed by atoms with Crippen LogP contribution in [-0.2, 0) is 6.54 Å². The van der Waals surface area contributed by atoms with Gasteiger partial charge in [-0.05, 0) is 61.4 Å². The van der Waals surface area contributed by atoms with E-state index in [-0.39, 0.29) is 0 Å². The minimum absolute atomic E-state index is 0.427. The van der Waals surface area contributed by atoms with Crippen molar-refractivity contribution < 1.29 is 4.74 Å². The molecule has 7 nitrogen and oxygen atoms in total. The van der Waals surface area contributed by atoms with Crippen LogP contribution in [-0.4, -0.2) is 36.6 Å². The molecule has 0 unspecified atom stereocenters. The van der Waals surface area contributed by atoms with Gasteiger partial charge in [0.2, 0.25) is 0 Å². The van der Waals surface area contributed by atoms with Gasteiger partial charge in [0.1, 0.15) is 17.1 Å². The Balaban J connectivity index is 1.24. The lowest BCUT2D eigenvalue weighted by Gasteiger charge is -2.26. The molecule has 1 N–H and O–H groups in total. The van der Waals surface area contributed by atoms with E-state index in [9.17, 15) is 0 Å². The molecule has 1 fully saturated rings. The Morgan fingerprint density at radius 2 is 2.00 bits per heavy atom. The van der Waals surface area contributed by atoms with E-state index in [1.165, 1.54) is 24.0 Å². The molecule has 3 aromatic heterocycles. The molecule has 1 aromatic carbocycles. The molecule has 1 aliphatic heterocycles. The lowest BCUT2D eigenvalue weighted by molar-refractivity contribution is 0.258. The molecule has 2 aliphatic rings. The van der Waals surface area contributed by atoms with Crippen molar-refractivity contribution in [2.24, 2.45) is 0 Å². The number of ether oxygens (including phenoxy) is 1. The van der Waals surface area contributed by atoms with E-state index in [4.69, 9.17) is 4.74 Å². The van der Waals surface area contributed by atoms with Crippen molar-refractivity contribution in [2.45, 2.75) is 44.6 Å². The van der Waals surface area contributed by atoms with E-state index in [0.717, 1.165) is 59.6 Å². The minimum atomic E-state index is 0.427. The molecular formula is C24H24N6O. The molecule has 0 spiro atoms. The van der Waals surface area contributed by atoms with Gasteiger partial charge >= 0.3 is 0 Å². The van der Waals surface area contributed by atoms with Gasteiger partial charge in [-0.3, -0.25) is 4.98 Å². The number of hydrogen-bond acceptors (Lipinski definition) is 5. The zero-order valence-electron chi connectivity index (χ0n) is 17.5. The maximum absolute atomic E-state index is 5.99. The summed E-state index contributed by atoms with van der Waals surface area (Å²) in [6, 6.07) is 10.8. The number of aromatic amines is 1. The quantitative estimate of drug-likeness (QED) is 0.523. The van der Waals surface area contributed by atoms with Gasteiger partial charge in [0.15, 0.2) is 0 Å². The van der Waals surface area contributed by atoms with Crippen LogP contribution in [0, 0.1) is 6.92 Å². The SMILES string of the molecule is Cc1n[nH]nc1-c1ccnc(-c2cn(C[C@@H]3CCOc4cc(C5CC5)ccc43)cn2)c1. The number of H-pyrrole nitrogens is 1. The number of benzene rings is 1. The topological polar surface area (TPSA) is 81.5 Å². The Hall–Kier alpha value is -3.48. The smallest absolute Gasteiger partial charge is 0.123 e. The van der Waals surface area contributed by atoms with Crippen molar-refractivity contribution in [3.8, 4) is 28.4 Å². The van der Waals surface area contributed by atoms with Gasteiger partial charge in [-0.15, -0.1) is 0 Å². The zero-order valence-corrected chi connectivity index (χ0v) is 17.5. The van der Waals surface area contributed by atoms with Crippen molar-refractivity contribution >= 4 is 0 Å². The highest BCUT2D eigenvalue weighted by Crippen LogP contribution is 2.44. The van der Waals surface area contributed by atoms with Crippen LogP contribution in [0.4, 0.5) is 0 Å². The van der Waals surface area contributed by atoms with Gasteiger partial charge in [0.05, 0.1) is 24.3 Å². The fourth-order valence-corrected chi connectivity index (χ4v) is 4.46. The van der Waals surface area contributed by atoms with Crippen LogP contribution >= 0.6 is 0 Å². The average molecular weight is 412 g/mol. The maximum atomic E-state index is 5.99. The third kappa shape index (κ3) is 3.50. The van der Waals surface area contributed by atoms with Crippen LogP contribution in [0.15, 0.2) is 49.1 Å².